The predicted octanol–water partition coefficient (Wildman–Crippen LogP) is 3.54. The van der Waals surface area contributed by atoms with Crippen molar-refractivity contribution in [1.29, 1.82) is 0 Å². The Bertz CT molecular complexity index is 621. The average Bonchev–Trinajstić information content (AvgIpc) is 2.53. The molecule has 0 atom stereocenters. The van der Waals surface area contributed by atoms with Crippen LogP contribution in [-0.4, -0.2) is 6.03 Å². The van der Waals surface area contributed by atoms with Crippen LogP contribution in [0.25, 0.3) is 6.08 Å². The second kappa shape index (κ2) is 7.55. The summed E-state index contributed by atoms with van der Waals surface area (Å²) in [6.07, 6.45) is 3.70. The number of rotatable bonds is 5. The average molecular weight is 279 g/mol. The molecule has 0 aromatic heterocycles. The number of carbonyl (C=O) groups excluding carboxylic acids is 1. The normalized spacial score (nSPS) is 10.1. The summed E-state index contributed by atoms with van der Waals surface area (Å²) in [7, 11) is 0. The van der Waals surface area contributed by atoms with E-state index in [1.165, 1.54) is 0 Å². The number of nitrogens with one attached hydrogen (secondary N) is 3. The molecule has 0 aliphatic carbocycles. The molecule has 4 nitrogen and oxygen atoms in total. The minimum atomic E-state index is -0.351. The van der Waals surface area contributed by atoms with Crippen molar-refractivity contribution in [1.82, 2.24) is 10.9 Å². The highest BCUT2D eigenvalue weighted by molar-refractivity contribution is 5.88. The monoisotopic (exact) mass is 279 g/mol. The molecule has 0 fully saturated rings. The van der Waals surface area contributed by atoms with Gasteiger partial charge in [0.1, 0.15) is 0 Å². The Hall–Kier alpha value is -3.01. The molecule has 21 heavy (non-hydrogen) atoms. The van der Waals surface area contributed by atoms with Crippen molar-refractivity contribution < 1.29 is 4.79 Å². The van der Waals surface area contributed by atoms with Gasteiger partial charge in [-0.15, -0.1) is 0 Å². The van der Waals surface area contributed by atoms with Crippen molar-refractivity contribution in [2.45, 2.75) is 0 Å². The first-order valence-electron chi connectivity index (χ1n) is 6.54. The van der Waals surface area contributed by atoms with E-state index < -0.39 is 0 Å². The lowest BCUT2D eigenvalue weighted by Crippen LogP contribution is -2.39. The van der Waals surface area contributed by atoms with Crippen molar-refractivity contribution in [2.75, 3.05) is 5.32 Å². The SMILES string of the molecule is C=C(C=Cc1ccccc1)NNC(=O)Nc1ccccc1. The van der Waals surface area contributed by atoms with Crippen molar-refractivity contribution >= 4 is 17.8 Å². The Morgan fingerprint density at radius 3 is 2.19 bits per heavy atom. The molecule has 0 unspecified atom stereocenters. The van der Waals surface area contributed by atoms with Gasteiger partial charge in [-0.1, -0.05) is 61.2 Å². The van der Waals surface area contributed by atoms with E-state index in [9.17, 15) is 4.79 Å². The number of hydrazine groups is 1. The number of hydrogen-bond donors (Lipinski definition) is 3. The number of anilines is 1. The van der Waals surface area contributed by atoms with Crippen molar-refractivity contribution in [3.8, 4) is 0 Å². The number of amides is 2. The molecule has 2 rings (SSSR count). The van der Waals surface area contributed by atoms with Gasteiger partial charge in [0, 0.05) is 11.4 Å². The first-order chi connectivity index (χ1) is 10.2. The Morgan fingerprint density at radius 2 is 1.52 bits per heavy atom. The number of urea groups is 1. The Balaban J connectivity index is 1.76. The number of benzene rings is 2. The molecule has 0 aliphatic heterocycles. The molecule has 106 valence electrons. The Morgan fingerprint density at radius 1 is 0.905 bits per heavy atom. The fourth-order valence-corrected chi connectivity index (χ4v) is 1.62. The maximum atomic E-state index is 11.6. The summed E-state index contributed by atoms with van der Waals surface area (Å²) in [5.41, 5.74) is 7.62. The summed E-state index contributed by atoms with van der Waals surface area (Å²) < 4.78 is 0. The second-order valence-electron chi connectivity index (χ2n) is 4.34. The first-order valence-corrected chi connectivity index (χ1v) is 6.54. The largest absolute Gasteiger partial charge is 0.337 e. The van der Waals surface area contributed by atoms with Crippen LogP contribution in [-0.2, 0) is 0 Å². The predicted molar refractivity (Wildman–Crippen MR) is 86.3 cm³/mol. The summed E-state index contributed by atoms with van der Waals surface area (Å²) >= 11 is 0. The van der Waals surface area contributed by atoms with Crippen LogP contribution in [0.1, 0.15) is 5.56 Å². The second-order valence-corrected chi connectivity index (χ2v) is 4.34. The van der Waals surface area contributed by atoms with Crippen LogP contribution < -0.4 is 16.2 Å². The van der Waals surface area contributed by atoms with Crippen LogP contribution in [0.5, 0.6) is 0 Å². The molecule has 0 radical (unpaired) electrons. The third-order valence-corrected chi connectivity index (χ3v) is 2.64. The molecular weight excluding hydrogens is 262 g/mol. The van der Waals surface area contributed by atoms with Gasteiger partial charge in [0.05, 0.1) is 0 Å². The van der Waals surface area contributed by atoms with E-state index in [0.717, 1.165) is 11.3 Å². The van der Waals surface area contributed by atoms with Crippen LogP contribution in [0.2, 0.25) is 0 Å². The Labute approximate surface area is 124 Å². The van der Waals surface area contributed by atoms with Gasteiger partial charge in [-0.05, 0) is 23.8 Å². The molecular formula is C17H17N3O. The standard InChI is InChI=1S/C17H17N3O/c1-14(12-13-15-8-4-2-5-9-15)19-20-17(21)18-16-10-6-3-7-11-16/h2-13,19H,1H2,(H2,18,20,21). The number of allylic oxidation sites excluding steroid dienone is 1. The summed E-state index contributed by atoms with van der Waals surface area (Å²) in [6.45, 7) is 3.81. The van der Waals surface area contributed by atoms with E-state index in [4.69, 9.17) is 0 Å². The zero-order valence-electron chi connectivity index (χ0n) is 11.5. The lowest BCUT2D eigenvalue weighted by molar-refractivity contribution is 0.249. The molecule has 0 saturated carbocycles. The highest BCUT2D eigenvalue weighted by Crippen LogP contribution is 2.04. The maximum Gasteiger partial charge on any atom is 0.337 e. The summed E-state index contributed by atoms with van der Waals surface area (Å²) in [4.78, 5) is 11.6. The molecule has 3 N–H and O–H groups in total. The van der Waals surface area contributed by atoms with E-state index in [-0.39, 0.29) is 6.03 Å². The van der Waals surface area contributed by atoms with Crippen LogP contribution in [0.3, 0.4) is 0 Å². The van der Waals surface area contributed by atoms with E-state index in [1.807, 2.05) is 66.7 Å². The van der Waals surface area contributed by atoms with E-state index in [0.29, 0.717) is 5.70 Å². The fourth-order valence-electron chi connectivity index (χ4n) is 1.62. The highest BCUT2D eigenvalue weighted by atomic mass is 16.2. The number of carbonyl (C=O) groups is 1. The molecule has 2 aromatic rings. The molecule has 0 spiro atoms. The van der Waals surface area contributed by atoms with Crippen LogP contribution >= 0.6 is 0 Å². The minimum absolute atomic E-state index is 0.351. The molecule has 4 heteroatoms. The molecule has 0 saturated heterocycles. The van der Waals surface area contributed by atoms with Gasteiger partial charge in [-0.25, -0.2) is 4.79 Å². The Kier molecular flexibility index (Phi) is 5.18. The van der Waals surface area contributed by atoms with Crippen molar-refractivity contribution in [3.63, 3.8) is 0 Å². The number of hydrogen-bond acceptors (Lipinski definition) is 2. The van der Waals surface area contributed by atoms with Crippen molar-refractivity contribution in [2.24, 2.45) is 0 Å². The fraction of sp³-hybridized carbons (Fsp3) is 0. The topological polar surface area (TPSA) is 53.2 Å². The summed E-state index contributed by atoms with van der Waals surface area (Å²) in [6, 6.07) is 18.7. The van der Waals surface area contributed by atoms with Gasteiger partial charge in [-0.3, -0.25) is 10.9 Å². The molecule has 2 aromatic carbocycles. The smallest absolute Gasteiger partial charge is 0.307 e. The van der Waals surface area contributed by atoms with Crippen LogP contribution in [0.4, 0.5) is 10.5 Å². The van der Waals surface area contributed by atoms with Gasteiger partial charge in [0.25, 0.3) is 0 Å². The van der Waals surface area contributed by atoms with E-state index in [1.54, 1.807) is 6.08 Å². The molecule has 0 aliphatic rings. The lowest BCUT2D eigenvalue weighted by Gasteiger charge is -2.09. The lowest BCUT2D eigenvalue weighted by atomic mass is 10.2. The van der Waals surface area contributed by atoms with E-state index >= 15 is 0 Å². The third-order valence-electron chi connectivity index (χ3n) is 2.64. The molecule has 0 bridgehead atoms. The molecule has 0 heterocycles. The number of para-hydroxylation sites is 1. The van der Waals surface area contributed by atoms with Crippen LogP contribution in [0.15, 0.2) is 79.0 Å². The summed E-state index contributed by atoms with van der Waals surface area (Å²) in [5, 5.41) is 2.69. The highest BCUT2D eigenvalue weighted by Gasteiger charge is 1.99. The van der Waals surface area contributed by atoms with Gasteiger partial charge in [-0.2, -0.15) is 0 Å². The van der Waals surface area contributed by atoms with Gasteiger partial charge in [0.2, 0.25) is 0 Å². The maximum absolute atomic E-state index is 11.6. The zero-order valence-corrected chi connectivity index (χ0v) is 11.5. The quantitative estimate of drug-likeness (QED) is 0.579. The van der Waals surface area contributed by atoms with Crippen molar-refractivity contribution in [3.05, 3.63) is 84.6 Å². The van der Waals surface area contributed by atoms with Gasteiger partial charge < -0.3 is 5.32 Å². The van der Waals surface area contributed by atoms with Crippen LogP contribution in [0, 0.1) is 0 Å². The zero-order chi connectivity index (χ0) is 14.9. The first kappa shape index (κ1) is 14.4. The molecule has 2 amide bonds. The van der Waals surface area contributed by atoms with Gasteiger partial charge in [0.15, 0.2) is 0 Å². The summed E-state index contributed by atoms with van der Waals surface area (Å²) in [5.74, 6) is 0. The third kappa shape index (κ3) is 5.24. The minimum Gasteiger partial charge on any atom is -0.307 e. The van der Waals surface area contributed by atoms with E-state index in [2.05, 4.69) is 22.7 Å². The van der Waals surface area contributed by atoms with Gasteiger partial charge >= 0.3 is 6.03 Å².